The molecule has 33 heavy (non-hydrogen) atoms. The number of hydrogen-bond acceptors (Lipinski definition) is 0. The van der Waals surface area contributed by atoms with Gasteiger partial charge in [-0.3, -0.25) is 0 Å². The molecular weight excluding hydrogens is 400 g/mol. The minimum Gasteiger partial charge on any atom is -0.344 e. The van der Waals surface area contributed by atoms with E-state index in [4.69, 9.17) is 0 Å². The van der Waals surface area contributed by atoms with Crippen LogP contribution in [-0.2, 0) is 19.5 Å². The maximum Gasteiger partial charge on any atom is 0.0495 e. The first-order valence-corrected chi connectivity index (χ1v) is 12.1. The zero-order valence-corrected chi connectivity index (χ0v) is 19.7. The Kier molecular flexibility index (Phi) is 3.62. The Bertz CT molecular complexity index is 1630. The molecule has 0 fully saturated rings. The molecule has 162 valence electrons. The third-order valence-corrected chi connectivity index (χ3v) is 8.63. The van der Waals surface area contributed by atoms with Crippen LogP contribution < -0.4 is 0 Å². The number of rotatable bonds is 2. The van der Waals surface area contributed by atoms with Crippen molar-refractivity contribution in [2.75, 3.05) is 0 Å². The fourth-order valence-electron chi connectivity index (χ4n) is 6.80. The minimum absolute atomic E-state index is 0.0565. The van der Waals surface area contributed by atoms with Gasteiger partial charge in [-0.2, -0.15) is 0 Å². The molecule has 0 bridgehead atoms. The zero-order valence-electron chi connectivity index (χ0n) is 19.7. The molecule has 0 atom stereocenters. The van der Waals surface area contributed by atoms with Gasteiger partial charge in [0.2, 0.25) is 0 Å². The Balaban J connectivity index is 1.65. The summed E-state index contributed by atoms with van der Waals surface area (Å²) >= 11 is 0. The first-order valence-electron chi connectivity index (χ1n) is 12.1. The third kappa shape index (κ3) is 2.15. The van der Waals surface area contributed by atoms with Crippen LogP contribution in [0.4, 0.5) is 0 Å². The molecule has 0 aliphatic heterocycles. The number of aromatic nitrogens is 2. The topological polar surface area (TPSA) is 9.86 Å². The van der Waals surface area contributed by atoms with Gasteiger partial charge in [-0.05, 0) is 71.5 Å². The smallest absolute Gasteiger partial charge is 0.0495 e. The fraction of sp³-hybridized carbons (Fsp3) is 0.226. The van der Waals surface area contributed by atoms with Crippen LogP contribution >= 0.6 is 0 Å². The van der Waals surface area contributed by atoms with Gasteiger partial charge in [-0.15, -0.1) is 0 Å². The number of para-hydroxylation sites is 2. The average Bonchev–Trinajstić information content (AvgIpc) is 3.41. The van der Waals surface area contributed by atoms with E-state index in [0.717, 1.165) is 12.8 Å². The zero-order chi connectivity index (χ0) is 22.5. The molecule has 0 N–H and O–H groups in total. The second-order valence-corrected chi connectivity index (χ2v) is 9.77. The van der Waals surface area contributed by atoms with E-state index in [1.54, 1.807) is 0 Å². The lowest BCUT2D eigenvalue weighted by molar-refractivity contribution is 0.491. The van der Waals surface area contributed by atoms with Crippen LogP contribution in [0.1, 0.15) is 37.8 Å². The van der Waals surface area contributed by atoms with Crippen LogP contribution in [0.15, 0.2) is 72.8 Å². The molecular formula is C31H28N2. The number of aryl methyl sites for hydroxylation is 2. The normalized spacial score (nSPS) is 14.5. The van der Waals surface area contributed by atoms with Crippen LogP contribution in [0.25, 0.3) is 54.7 Å². The lowest BCUT2D eigenvalue weighted by atomic mass is 9.73. The van der Waals surface area contributed by atoms with Gasteiger partial charge < -0.3 is 9.13 Å². The van der Waals surface area contributed by atoms with Gasteiger partial charge in [-0.1, -0.05) is 50.2 Å². The van der Waals surface area contributed by atoms with Crippen LogP contribution in [-0.4, -0.2) is 9.13 Å². The first kappa shape index (κ1) is 19.0. The number of hydrogen-bond donors (Lipinski definition) is 0. The van der Waals surface area contributed by atoms with Crippen molar-refractivity contribution in [1.29, 1.82) is 0 Å². The monoisotopic (exact) mass is 428 g/mol. The van der Waals surface area contributed by atoms with Crippen molar-refractivity contribution in [2.45, 2.75) is 32.1 Å². The molecule has 2 heteroatoms. The van der Waals surface area contributed by atoms with E-state index in [1.165, 1.54) is 65.9 Å². The summed E-state index contributed by atoms with van der Waals surface area (Å²) in [5, 5.41) is 5.46. The molecule has 0 saturated carbocycles. The lowest BCUT2D eigenvalue weighted by Crippen LogP contribution is -2.23. The molecule has 2 nitrogen and oxygen atoms in total. The van der Waals surface area contributed by atoms with Crippen molar-refractivity contribution < 1.29 is 0 Å². The molecule has 4 aromatic carbocycles. The predicted octanol–water partition coefficient (Wildman–Crippen LogP) is 8.06. The minimum atomic E-state index is 0.0565. The van der Waals surface area contributed by atoms with Gasteiger partial charge in [0.25, 0.3) is 0 Å². The van der Waals surface area contributed by atoms with Crippen molar-refractivity contribution >= 4 is 43.6 Å². The van der Waals surface area contributed by atoms with Gasteiger partial charge >= 0.3 is 0 Å². The summed E-state index contributed by atoms with van der Waals surface area (Å²) in [6, 6.07) is 27.6. The van der Waals surface area contributed by atoms with Gasteiger partial charge in [0, 0.05) is 63.1 Å². The van der Waals surface area contributed by atoms with Gasteiger partial charge in [0.05, 0.1) is 0 Å². The van der Waals surface area contributed by atoms with E-state index in [-0.39, 0.29) is 5.41 Å². The number of nitrogens with zero attached hydrogens (tertiary/aromatic N) is 2. The van der Waals surface area contributed by atoms with E-state index in [0.29, 0.717) is 0 Å². The number of benzene rings is 4. The molecule has 7 rings (SSSR count). The quantitative estimate of drug-likeness (QED) is 0.264. The molecule has 1 aliphatic carbocycles. The first-order chi connectivity index (χ1) is 16.1. The molecule has 2 aromatic heterocycles. The highest BCUT2D eigenvalue weighted by Gasteiger charge is 2.41. The van der Waals surface area contributed by atoms with Crippen molar-refractivity contribution in [2.24, 2.45) is 14.1 Å². The van der Waals surface area contributed by atoms with Gasteiger partial charge in [0.15, 0.2) is 0 Å². The third-order valence-electron chi connectivity index (χ3n) is 8.63. The summed E-state index contributed by atoms with van der Waals surface area (Å²) < 4.78 is 4.72. The molecule has 0 spiro atoms. The highest BCUT2D eigenvalue weighted by molar-refractivity contribution is 6.13. The van der Waals surface area contributed by atoms with Crippen LogP contribution in [0.3, 0.4) is 0 Å². The Morgan fingerprint density at radius 2 is 0.970 bits per heavy atom. The molecule has 6 aromatic rings. The summed E-state index contributed by atoms with van der Waals surface area (Å²) in [4.78, 5) is 0. The van der Waals surface area contributed by atoms with E-state index >= 15 is 0 Å². The van der Waals surface area contributed by atoms with Crippen molar-refractivity contribution in [1.82, 2.24) is 9.13 Å². The second-order valence-electron chi connectivity index (χ2n) is 9.77. The van der Waals surface area contributed by atoms with E-state index < -0.39 is 0 Å². The van der Waals surface area contributed by atoms with Crippen LogP contribution in [0, 0.1) is 0 Å². The molecule has 2 heterocycles. The Labute approximate surface area is 194 Å². The maximum absolute atomic E-state index is 2.52. The largest absolute Gasteiger partial charge is 0.344 e. The highest BCUT2D eigenvalue weighted by atomic mass is 14.9. The lowest BCUT2D eigenvalue weighted by Gasteiger charge is -2.30. The SMILES string of the molecule is CCC1(CC)c2cc3c4ccccc4n(C)c3cc2-c2cc3c(cc21)c1ccccc1n3C. The standard InChI is InChI=1S/C31H28N2/c1-5-31(6-2)25-15-23-19-11-7-9-13-27(19)32(3)29(23)17-21(25)22-18-30-24(16-26(22)31)20-12-8-10-14-28(20)33(30)4/h7-18H,5-6H2,1-4H3. The van der Waals surface area contributed by atoms with Crippen LogP contribution in [0.5, 0.6) is 0 Å². The summed E-state index contributed by atoms with van der Waals surface area (Å²) in [6.45, 7) is 4.73. The van der Waals surface area contributed by atoms with Gasteiger partial charge in [-0.25, -0.2) is 0 Å². The van der Waals surface area contributed by atoms with E-state index in [2.05, 4.69) is 110 Å². The summed E-state index contributed by atoms with van der Waals surface area (Å²) in [5.41, 5.74) is 11.1. The summed E-state index contributed by atoms with van der Waals surface area (Å²) in [7, 11) is 4.40. The van der Waals surface area contributed by atoms with Gasteiger partial charge in [0.1, 0.15) is 0 Å². The van der Waals surface area contributed by atoms with E-state index in [9.17, 15) is 0 Å². The van der Waals surface area contributed by atoms with E-state index in [1.807, 2.05) is 0 Å². The number of fused-ring (bicyclic) bond motifs is 9. The Morgan fingerprint density at radius 1 is 0.545 bits per heavy atom. The van der Waals surface area contributed by atoms with Crippen molar-refractivity contribution in [3.63, 3.8) is 0 Å². The van der Waals surface area contributed by atoms with Crippen molar-refractivity contribution in [3.8, 4) is 11.1 Å². The Morgan fingerprint density at radius 3 is 1.39 bits per heavy atom. The molecule has 0 radical (unpaired) electrons. The molecule has 1 aliphatic rings. The predicted molar refractivity (Wildman–Crippen MR) is 141 cm³/mol. The maximum atomic E-state index is 2.52. The highest BCUT2D eigenvalue weighted by Crippen LogP contribution is 2.55. The average molecular weight is 429 g/mol. The fourth-order valence-corrected chi connectivity index (χ4v) is 6.80. The van der Waals surface area contributed by atoms with Crippen LogP contribution in [0.2, 0.25) is 0 Å². The molecule has 0 saturated heterocycles. The molecule has 0 unspecified atom stereocenters. The Hall–Kier alpha value is -3.52. The van der Waals surface area contributed by atoms with Crippen molar-refractivity contribution in [3.05, 3.63) is 83.9 Å². The summed E-state index contributed by atoms with van der Waals surface area (Å²) in [5.74, 6) is 0. The summed E-state index contributed by atoms with van der Waals surface area (Å²) in [6.07, 6.45) is 2.21. The second kappa shape index (κ2) is 6.29. The molecule has 0 amide bonds.